The van der Waals surface area contributed by atoms with Gasteiger partial charge >= 0.3 is 0 Å². The van der Waals surface area contributed by atoms with E-state index >= 15 is 0 Å². The Bertz CT molecular complexity index is 1410. The Kier molecular flexibility index (Phi) is 5.57. The topological polar surface area (TPSA) is 93.0 Å². The molecule has 1 amide bonds. The minimum Gasteiger partial charge on any atom is -0.378 e. The number of aromatic nitrogens is 2. The first-order chi connectivity index (χ1) is 16.0. The quantitative estimate of drug-likeness (QED) is 0.491. The number of nitrogens with zero attached hydrogens (tertiary/aromatic N) is 3. The van der Waals surface area contributed by atoms with Crippen LogP contribution >= 0.6 is 0 Å². The number of hydrogen-bond acceptors (Lipinski definition) is 5. The number of imidazole rings is 1. The Morgan fingerprint density at radius 3 is 2.52 bits per heavy atom. The first-order valence-corrected chi connectivity index (χ1v) is 12.0. The van der Waals surface area contributed by atoms with Crippen molar-refractivity contribution in [3.63, 3.8) is 0 Å². The highest BCUT2D eigenvalue weighted by Gasteiger charge is 2.22. The van der Waals surface area contributed by atoms with Crippen LogP contribution in [0.5, 0.6) is 0 Å². The van der Waals surface area contributed by atoms with E-state index in [1.807, 2.05) is 24.4 Å². The number of rotatable bonds is 5. The van der Waals surface area contributed by atoms with Crippen molar-refractivity contribution in [2.75, 3.05) is 31.0 Å². The van der Waals surface area contributed by atoms with Gasteiger partial charge < -0.3 is 9.64 Å². The van der Waals surface area contributed by atoms with Crippen molar-refractivity contribution in [3.8, 4) is 11.1 Å². The molecule has 4 aromatic rings. The zero-order chi connectivity index (χ0) is 22.8. The summed E-state index contributed by atoms with van der Waals surface area (Å²) in [7, 11) is -3.69. The van der Waals surface area contributed by atoms with Crippen molar-refractivity contribution in [2.45, 2.75) is 4.90 Å². The second-order valence-corrected chi connectivity index (χ2v) is 9.38. The van der Waals surface area contributed by atoms with Crippen LogP contribution in [-0.2, 0) is 14.8 Å². The van der Waals surface area contributed by atoms with E-state index in [1.54, 1.807) is 64.0 Å². The van der Waals surface area contributed by atoms with Crippen LogP contribution < -0.4 is 4.72 Å². The zero-order valence-corrected chi connectivity index (χ0v) is 18.5. The van der Waals surface area contributed by atoms with Gasteiger partial charge in [-0.15, -0.1) is 0 Å². The summed E-state index contributed by atoms with van der Waals surface area (Å²) < 4.78 is 35.1. The van der Waals surface area contributed by atoms with Crippen molar-refractivity contribution in [1.29, 1.82) is 0 Å². The number of morpholine rings is 1. The fraction of sp³-hybridized carbons (Fsp3) is 0.167. The van der Waals surface area contributed by atoms with Crippen molar-refractivity contribution < 1.29 is 17.9 Å². The first kappa shape index (κ1) is 21.2. The number of sulfonamides is 1. The van der Waals surface area contributed by atoms with E-state index in [1.165, 1.54) is 0 Å². The summed E-state index contributed by atoms with van der Waals surface area (Å²) >= 11 is 0. The predicted molar refractivity (Wildman–Crippen MR) is 125 cm³/mol. The van der Waals surface area contributed by atoms with E-state index in [-0.39, 0.29) is 10.8 Å². The molecule has 1 saturated heterocycles. The standard InChI is InChI=1S/C24H22N4O4S/c29-24(27-11-13-32-14-12-27)22-16-25-23-10-9-19(17-28(22)23)18-5-4-6-20(15-18)26-33(30,31)21-7-2-1-3-8-21/h1-10,15-17,26H,11-14H2. The van der Waals surface area contributed by atoms with Gasteiger partial charge in [-0.05, 0) is 47.5 Å². The van der Waals surface area contributed by atoms with Crippen LogP contribution in [0.3, 0.4) is 0 Å². The summed E-state index contributed by atoms with van der Waals surface area (Å²) in [5.74, 6) is -0.0904. The van der Waals surface area contributed by atoms with E-state index < -0.39 is 10.0 Å². The summed E-state index contributed by atoms with van der Waals surface area (Å²) in [5, 5.41) is 0. The van der Waals surface area contributed by atoms with Gasteiger partial charge in [-0.1, -0.05) is 30.3 Å². The number of nitrogens with one attached hydrogen (secondary N) is 1. The van der Waals surface area contributed by atoms with E-state index in [9.17, 15) is 13.2 Å². The summed E-state index contributed by atoms with van der Waals surface area (Å²) in [6.45, 7) is 2.16. The molecular formula is C24H22N4O4S. The third-order valence-electron chi connectivity index (χ3n) is 5.52. The van der Waals surface area contributed by atoms with Gasteiger partial charge in [-0.2, -0.15) is 0 Å². The molecule has 0 unspecified atom stereocenters. The lowest BCUT2D eigenvalue weighted by Crippen LogP contribution is -2.41. The number of fused-ring (bicyclic) bond motifs is 1. The minimum absolute atomic E-state index is 0.0904. The van der Waals surface area contributed by atoms with Crippen molar-refractivity contribution in [3.05, 3.63) is 84.8 Å². The van der Waals surface area contributed by atoms with Crippen molar-refractivity contribution in [1.82, 2.24) is 14.3 Å². The van der Waals surface area contributed by atoms with E-state index in [4.69, 9.17) is 4.74 Å². The highest BCUT2D eigenvalue weighted by Crippen LogP contribution is 2.25. The Balaban J connectivity index is 1.45. The Hall–Kier alpha value is -3.69. The van der Waals surface area contributed by atoms with Crippen LogP contribution in [0.1, 0.15) is 10.5 Å². The van der Waals surface area contributed by atoms with Gasteiger partial charge in [0, 0.05) is 25.0 Å². The molecule has 1 fully saturated rings. The van der Waals surface area contributed by atoms with Gasteiger partial charge in [-0.25, -0.2) is 13.4 Å². The van der Waals surface area contributed by atoms with Gasteiger partial charge in [-0.3, -0.25) is 13.9 Å². The van der Waals surface area contributed by atoms with Crippen molar-refractivity contribution >= 4 is 27.3 Å². The number of pyridine rings is 1. The lowest BCUT2D eigenvalue weighted by atomic mass is 10.1. The Morgan fingerprint density at radius 2 is 1.73 bits per heavy atom. The lowest BCUT2D eigenvalue weighted by molar-refractivity contribution is 0.0298. The van der Waals surface area contributed by atoms with Crippen LogP contribution in [0, 0.1) is 0 Å². The summed E-state index contributed by atoms with van der Waals surface area (Å²) in [6, 6.07) is 19.1. The van der Waals surface area contributed by atoms with Crippen LogP contribution in [0.2, 0.25) is 0 Å². The average molecular weight is 463 g/mol. The number of ether oxygens (including phenoxy) is 1. The fourth-order valence-corrected chi connectivity index (χ4v) is 4.88. The van der Waals surface area contributed by atoms with E-state index in [0.717, 1.165) is 11.1 Å². The second-order valence-electron chi connectivity index (χ2n) is 7.69. The van der Waals surface area contributed by atoms with Crippen molar-refractivity contribution in [2.24, 2.45) is 0 Å². The Morgan fingerprint density at radius 1 is 0.939 bits per heavy atom. The maximum absolute atomic E-state index is 13.0. The molecule has 1 aliphatic heterocycles. The molecule has 168 valence electrons. The molecule has 1 N–H and O–H groups in total. The molecule has 2 aromatic heterocycles. The third kappa shape index (κ3) is 4.33. The molecule has 0 saturated carbocycles. The molecule has 0 atom stereocenters. The van der Waals surface area contributed by atoms with E-state index in [2.05, 4.69) is 9.71 Å². The second kappa shape index (κ2) is 8.68. The van der Waals surface area contributed by atoms with Gasteiger partial charge in [0.2, 0.25) is 0 Å². The molecule has 0 aliphatic carbocycles. The highest BCUT2D eigenvalue weighted by atomic mass is 32.2. The summed E-state index contributed by atoms with van der Waals surface area (Å²) in [6.07, 6.45) is 3.43. The lowest BCUT2D eigenvalue weighted by Gasteiger charge is -2.26. The van der Waals surface area contributed by atoms with Crippen LogP contribution in [0.4, 0.5) is 5.69 Å². The highest BCUT2D eigenvalue weighted by molar-refractivity contribution is 7.92. The van der Waals surface area contributed by atoms with Crippen LogP contribution in [0.25, 0.3) is 16.8 Å². The molecule has 33 heavy (non-hydrogen) atoms. The molecule has 0 radical (unpaired) electrons. The number of amides is 1. The zero-order valence-electron chi connectivity index (χ0n) is 17.7. The number of anilines is 1. The molecule has 1 aliphatic rings. The predicted octanol–water partition coefficient (Wildman–Crippen LogP) is 3.27. The maximum Gasteiger partial charge on any atom is 0.272 e. The molecule has 0 spiro atoms. The van der Waals surface area contributed by atoms with Crippen LogP contribution in [0.15, 0.2) is 84.0 Å². The number of hydrogen-bond donors (Lipinski definition) is 1. The van der Waals surface area contributed by atoms with Crippen LogP contribution in [-0.4, -0.2) is 54.9 Å². The minimum atomic E-state index is -3.69. The molecular weight excluding hydrogens is 440 g/mol. The fourth-order valence-electron chi connectivity index (χ4n) is 3.81. The molecule has 5 rings (SSSR count). The largest absolute Gasteiger partial charge is 0.378 e. The number of carbonyl (C=O) groups is 1. The monoisotopic (exact) mass is 462 g/mol. The van der Waals surface area contributed by atoms with Gasteiger partial charge in [0.25, 0.3) is 15.9 Å². The number of carbonyl (C=O) groups excluding carboxylic acids is 1. The molecule has 8 nitrogen and oxygen atoms in total. The SMILES string of the molecule is O=C(c1cnc2ccc(-c3cccc(NS(=O)(=O)c4ccccc4)c3)cn12)N1CCOCC1. The first-order valence-electron chi connectivity index (χ1n) is 10.5. The normalized spacial score (nSPS) is 14.4. The molecule has 2 aromatic carbocycles. The average Bonchev–Trinajstić information content (AvgIpc) is 3.28. The third-order valence-corrected chi connectivity index (χ3v) is 6.92. The van der Waals surface area contributed by atoms with Gasteiger partial charge in [0.1, 0.15) is 11.3 Å². The summed E-state index contributed by atoms with van der Waals surface area (Å²) in [4.78, 5) is 19.3. The maximum atomic E-state index is 13.0. The number of benzene rings is 2. The molecule has 3 heterocycles. The van der Waals surface area contributed by atoms with Gasteiger partial charge in [0.05, 0.1) is 24.3 Å². The summed E-state index contributed by atoms with van der Waals surface area (Å²) in [5.41, 5.74) is 3.23. The van der Waals surface area contributed by atoms with Gasteiger partial charge in [0.15, 0.2) is 0 Å². The van der Waals surface area contributed by atoms with E-state index in [0.29, 0.717) is 43.3 Å². The Labute approximate surface area is 191 Å². The smallest absolute Gasteiger partial charge is 0.272 e. The molecule has 9 heteroatoms. The molecule has 0 bridgehead atoms.